The van der Waals surface area contributed by atoms with Crippen molar-refractivity contribution in [1.82, 2.24) is 10.2 Å². The van der Waals surface area contributed by atoms with E-state index < -0.39 is 0 Å². The van der Waals surface area contributed by atoms with E-state index in [-0.39, 0.29) is 6.10 Å². The summed E-state index contributed by atoms with van der Waals surface area (Å²) in [5, 5.41) is 13.2. The number of nitrogens with one attached hydrogen (secondary N) is 1. The van der Waals surface area contributed by atoms with Gasteiger partial charge in [-0.25, -0.2) is 0 Å². The zero-order valence-corrected chi connectivity index (χ0v) is 13.0. The van der Waals surface area contributed by atoms with E-state index in [0.717, 1.165) is 13.1 Å². The van der Waals surface area contributed by atoms with Crippen LogP contribution in [0, 0.1) is 5.41 Å². The van der Waals surface area contributed by atoms with Crippen LogP contribution in [-0.4, -0.2) is 63.6 Å². The number of rotatable bonds is 8. The van der Waals surface area contributed by atoms with Crippen LogP contribution in [-0.2, 0) is 4.74 Å². The topological polar surface area (TPSA) is 44.7 Å². The summed E-state index contributed by atoms with van der Waals surface area (Å²) in [6.45, 7) is 3.26. The van der Waals surface area contributed by atoms with Crippen molar-refractivity contribution in [3.8, 4) is 0 Å². The van der Waals surface area contributed by atoms with Crippen LogP contribution in [0.3, 0.4) is 0 Å². The predicted octanol–water partition coefficient (Wildman–Crippen LogP) is 1.49. The van der Waals surface area contributed by atoms with E-state index in [1.54, 1.807) is 7.11 Å². The van der Waals surface area contributed by atoms with Crippen molar-refractivity contribution >= 4 is 0 Å². The third-order valence-corrected chi connectivity index (χ3v) is 4.20. The molecule has 2 N–H and O–H groups in total. The molecule has 0 saturated heterocycles. The van der Waals surface area contributed by atoms with Gasteiger partial charge in [-0.05, 0) is 32.4 Å². The van der Waals surface area contributed by atoms with Crippen molar-refractivity contribution in [1.29, 1.82) is 0 Å². The molecular formula is C15H32N2O2. The Kier molecular flexibility index (Phi) is 7.91. The first kappa shape index (κ1) is 16.9. The van der Waals surface area contributed by atoms with Gasteiger partial charge in [-0.1, -0.05) is 25.7 Å². The summed E-state index contributed by atoms with van der Waals surface area (Å²) in [5.74, 6) is 0. The van der Waals surface area contributed by atoms with Gasteiger partial charge in [-0.3, -0.25) is 0 Å². The highest BCUT2D eigenvalue weighted by molar-refractivity contribution is 4.86. The Morgan fingerprint density at radius 1 is 1.26 bits per heavy atom. The first-order chi connectivity index (χ1) is 9.12. The predicted molar refractivity (Wildman–Crippen MR) is 79.4 cm³/mol. The summed E-state index contributed by atoms with van der Waals surface area (Å²) in [4.78, 5) is 2.27. The maximum Gasteiger partial charge on any atom is 0.0899 e. The lowest BCUT2D eigenvalue weighted by molar-refractivity contribution is 0.0312. The Morgan fingerprint density at radius 2 is 1.89 bits per heavy atom. The van der Waals surface area contributed by atoms with Crippen LogP contribution < -0.4 is 5.32 Å². The van der Waals surface area contributed by atoms with E-state index in [2.05, 4.69) is 17.3 Å². The van der Waals surface area contributed by atoms with Gasteiger partial charge in [0, 0.05) is 26.7 Å². The second kappa shape index (κ2) is 8.90. The quantitative estimate of drug-likeness (QED) is 0.657. The standard InChI is InChI=1S/C15H32N2O2/c1-16-12-15(8-6-4-5-7-9-15)13-17(2)10-14(18)11-19-3/h14,16,18H,4-13H2,1-3H3. The molecule has 1 rings (SSSR count). The van der Waals surface area contributed by atoms with Gasteiger partial charge in [0.2, 0.25) is 0 Å². The normalized spacial score (nSPS) is 21.3. The number of hydrogen-bond donors (Lipinski definition) is 2. The van der Waals surface area contributed by atoms with Crippen LogP contribution in [0.15, 0.2) is 0 Å². The Bertz CT molecular complexity index is 228. The summed E-state index contributed by atoms with van der Waals surface area (Å²) in [7, 11) is 5.80. The maximum atomic E-state index is 9.84. The van der Waals surface area contributed by atoms with Crippen molar-refractivity contribution in [2.45, 2.75) is 44.6 Å². The molecule has 4 heteroatoms. The van der Waals surface area contributed by atoms with Gasteiger partial charge >= 0.3 is 0 Å². The van der Waals surface area contributed by atoms with Gasteiger partial charge in [0.25, 0.3) is 0 Å². The highest BCUT2D eigenvalue weighted by atomic mass is 16.5. The monoisotopic (exact) mass is 272 g/mol. The molecule has 114 valence electrons. The largest absolute Gasteiger partial charge is 0.389 e. The second-order valence-corrected chi connectivity index (χ2v) is 6.25. The van der Waals surface area contributed by atoms with E-state index in [1.165, 1.54) is 38.5 Å². The molecule has 0 radical (unpaired) electrons. The fourth-order valence-electron chi connectivity index (χ4n) is 3.49. The van der Waals surface area contributed by atoms with Crippen LogP contribution in [0.5, 0.6) is 0 Å². The number of nitrogens with zero attached hydrogens (tertiary/aromatic N) is 1. The summed E-state index contributed by atoms with van der Waals surface area (Å²) in [6.07, 6.45) is 7.67. The minimum Gasteiger partial charge on any atom is -0.389 e. The lowest BCUT2D eigenvalue weighted by Gasteiger charge is -2.37. The van der Waals surface area contributed by atoms with Crippen LogP contribution in [0.25, 0.3) is 0 Å². The fraction of sp³-hybridized carbons (Fsp3) is 1.00. The molecule has 19 heavy (non-hydrogen) atoms. The van der Waals surface area contributed by atoms with Crippen molar-refractivity contribution in [3.05, 3.63) is 0 Å². The van der Waals surface area contributed by atoms with E-state index in [9.17, 15) is 5.11 Å². The molecule has 0 aromatic heterocycles. The molecule has 1 atom stereocenters. The van der Waals surface area contributed by atoms with E-state index >= 15 is 0 Å². The van der Waals surface area contributed by atoms with E-state index in [0.29, 0.717) is 18.6 Å². The first-order valence-corrected chi connectivity index (χ1v) is 7.62. The minimum absolute atomic E-state index is 0.382. The Balaban J connectivity index is 2.51. The van der Waals surface area contributed by atoms with Gasteiger partial charge in [-0.2, -0.15) is 0 Å². The van der Waals surface area contributed by atoms with Crippen LogP contribution in [0.2, 0.25) is 0 Å². The molecule has 0 aromatic carbocycles. The highest BCUT2D eigenvalue weighted by Crippen LogP contribution is 2.35. The summed E-state index contributed by atoms with van der Waals surface area (Å²) < 4.78 is 5.00. The fourth-order valence-corrected chi connectivity index (χ4v) is 3.49. The third kappa shape index (κ3) is 6.21. The average Bonchev–Trinajstić information content (AvgIpc) is 2.55. The average molecular weight is 272 g/mol. The van der Waals surface area contributed by atoms with Crippen LogP contribution in [0.4, 0.5) is 0 Å². The molecule has 0 amide bonds. The molecule has 1 fully saturated rings. The SMILES string of the molecule is CNCC1(CN(C)CC(O)COC)CCCCCC1. The van der Waals surface area contributed by atoms with Gasteiger partial charge in [0.05, 0.1) is 12.7 Å². The maximum absolute atomic E-state index is 9.84. The number of methoxy groups -OCH3 is 1. The third-order valence-electron chi connectivity index (χ3n) is 4.20. The number of hydrogen-bond acceptors (Lipinski definition) is 4. The van der Waals surface area contributed by atoms with Crippen molar-refractivity contribution in [3.63, 3.8) is 0 Å². The molecule has 0 bridgehead atoms. The van der Waals surface area contributed by atoms with Crippen LogP contribution >= 0.6 is 0 Å². The smallest absolute Gasteiger partial charge is 0.0899 e. The summed E-state index contributed by atoms with van der Waals surface area (Å²) in [5.41, 5.74) is 0.382. The second-order valence-electron chi connectivity index (χ2n) is 6.25. The molecule has 0 heterocycles. The molecule has 1 aliphatic rings. The zero-order valence-electron chi connectivity index (χ0n) is 13.0. The van der Waals surface area contributed by atoms with Gasteiger partial charge in [0.15, 0.2) is 0 Å². The number of ether oxygens (including phenoxy) is 1. The van der Waals surface area contributed by atoms with Crippen LogP contribution in [0.1, 0.15) is 38.5 Å². The van der Waals surface area contributed by atoms with E-state index in [1.807, 2.05) is 7.05 Å². The molecule has 0 spiro atoms. The molecule has 0 aliphatic heterocycles. The number of aliphatic hydroxyl groups excluding tert-OH is 1. The molecule has 1 saturated carbocycles. The Morgan fingerprint density at radius 3 is 2.42 bits per heavy atom. The first-order valence-electron chi connectivity index (χ1n) is 7.62. The van der Waals surface area contributed by atoms with Crippen molar-refractivity contribution < 1.29 is 9.84 Å². The van der Waals surface area contributed by atoms with E-state index in [4.69, 9.17) is 4.74 Å². The summed E-state index contributed by atoms with van der Waals surface area (Å²) >= 11 is 0. The molecule has 4 nitrogen and oxygen atoms in total. The Labute approximate surface area is 118 Å². The molecule has 1 aliphatic carbocycles. The zero-order chi connectivity index (χ0) is 14.1. The Hall–Kier alpha value is -0.160. The molecule has 0 aromatic rings. The lowest BCUT2D eigenvalue weighted by Crippen LogP contribution is -2.44. The molecular weight excluding hydrogens is 240 g/mol. The van der Waals surface area contributed by atoms with Crippen molar-refractivity contribution in [2.24, 2.45) is 5.41 Å². The van der Waals surface area contributed by atoms with Gasteiger partial charge < -0.3 is 20.1 Å². The van der Waals surface area contributed by atoms with Gasteiger partial charge in [0.1, 0.15) is 0 Å². The lowest BCUT2D eigenvalue weighted by atomic mass is 9.79. The van der Waals surface area contributed by atoms with Gasteiger partial charge in [-0.15, -0.1) is 0 Å². The van der Waals surface area contributed by atoms with Crippen molar-refractivity contribution in [2.75, 3.05) is 47.4 Å². The molecule has 1 unspecified atom stereocenters. The highest BCUT2D eigenvalue weighted by Gasteiger charge is 2.31. The number of likely N-dealkylation sites (N-methyl/N-ethyl adjacent to an activating group) is 1. The minimum atomic E-state index is -0.382. The summed E-state index contributed by atoms with van der Waals surface area (Å²) in [6, 6.07) is 0. The number of aliphatic hydroxyl groups is 1.